The molecular formula is C25H25NO. The van der Waals surface area contributed by atoms with Crippen LogP contribution < -0.4 is 0 Å². The van der Waals surface area contributed by atoms with Crippen LogP contribution in [0.2, 0.25) is 0 Å². The summed E-state index contributed by atoms with van der Waals surface area (Å²) in [6.45, 7) is 0.722. The second kappa shape index (κ2) is 6.84. The first-order valence-corrected chi connectivity index (χ1v) is 10.1. The summed E-state index contributed by atoms with van der Waals surface area (Å²) in [5.41, 5.74) is 2.04. The molecule has 3 aromatic rings. The molecule has 0 radical (unpaired) electrons. The fourth-order valence-electron chi connectivity index (χ4n) is 4.78. The van der Waals surface area contributed by atoms with Crippen LogP contribution in [0.5, 0.6) is 0 Å². The fourth-order valence-corrected chi connectivity index (χ4v) is 4.78. The Morgan fingerprint density at radius 1 is 0.778 bits per heavy atom. The van der Waals surface area contributed by atoms with Gasteiger partial charge in [-0.15, -0.1) is 0 Å². The van der Waals surface area contributed by atoms with Crippen molar-refractivity contribution in [1.29, 1.82) is 0 Å². The van der Waals surface area contributed by atoms with E-state index in [9.17, 15) is 0 Å². The third kappa shape index (κ3) is 2.93. The average molecular weight is 355 g/mol. The molecule has 0 aromatic heterocycles. The molecule has 136 valence electrons. The van der Waals surface area contributed by atoms with Gasteiger partial charge in [-0.2, -0.15) is 0 Å². The normalized spacial score (nSPS) is 23.2. The minimum Gasteiger partial charge on any atom is -0.464 e. The number of hydrogen-bond donors (Lipinski definition) is 0. The predicted molar refractivity (Wildman–Crippen MR) is 111 cm³/mol. The first-order valence-electron chi connectivity index (χ1n) is 10.1. The van der Waals surface area contributed by atoms with E-state index in [2.05, 4.69) is 66.7 Å². The number of hydrogen-bond acceptors (Lipinski definition) is 2. The van der Waals surface area contributed by atoms with Crippen LogP contribution in [-0.4, -0.2) is 12.4 Å². The lowest BCUT2D eigenvalue weighted by Crippen LogP contribution is -2.40. The molecule has 1 aliphatic heterocycles. The summed E-state index contributed by atoms with van der Waals surface area (Å²) in [7, 11) is 0. The molecule has 0 spiro atoms. The van der Waals surface area contributed by atoms with Crippen LogP contribution in [0.15, 0.2) is 77.8 Å². The van der Waals surface area contributed by atoms with Crippen LogP contribution in [0.1, 0.15) is 43.2 Å². The number of ether oxygens (including phenoxy) is 1. The number of benzene rings is 3. The van der Waals surface area contributed by atoms with Gasteiger partial charge in [-0.05, 0) is 47.4 Å². The zero-order valence-electron chi connectivity index (χ0n) is 15.6. The molecule has 5 rings (SSSR count). The summed E-state index contributed by atoms with van der Waals surface area (Å²) in [5.74, 6) is 1.33. The van der Waals surface area contributed by atoms with Crippen molar-refractivity contribution in [3.63, 3.8) is 0 Å². The molecule has 1 saturated carbocycles. The van der Waals surface area contributed by atoms with E-state index in [4.69, 9.17) is 9.73 Å². The first-order chi connectivity index (χ1) is 13.4. The van der Waals surface area contributed by atoms with Crippen LogP contribution in [0.25, 0.3) is 10.8 Å². The van der Waals surface area contributed by atoms with Gasteiger partial charge < -0.3 is 4.74 Å². The fraction of sp³-hybridized carbons (Fsp3) is 0.320. The summed E-state index contributed by atoms with van der Waals surface area (Å²) >= 11 is 0. The Labute approximate surface area is 160 Å². The van der Waals surface area contributed by atoms with E-state index in [1.807, 2.05) is 6.07 Å². The molecular weight excluding hydrogens is 330 g/mol. The van der Waals surface area contributed by atoms with Gasteiger partial charge in [0.1, 0.15) is 0 Å². The molecule has 0 N–H and O–H groups in total. The molecule has 1 heterocycles. The van der Waals surface area contributed by atoms with Crippen LogP contribution in [-0.2, 0) is 10.3 Å². The van der Waals surface area contributed by atoms with Crippen molar-refractivity contribution >= 4 is 16.7 Å². The summed E-state index contributed by atoms with van der Waals surface area (Å²) in [6.07, 6.45) is 6.39. The molecule has 0 bridgehead atoms. The molecule has 1 fully saturated rings. The molecule has 2 aliphatic rings. The van der Waals surface area contributed by atoms with Gasteiger partial charge in [0, 0.05) is 11.5 Å². The lowest BCUT2D eigenvalue weighted by Gasteiger charge is -2.39. The maximum Gasteiger partial charge on any atom is 0.217 e. The van der Waals surface area contributed by atoms with Crippen molar-refractivity contribution in [2.45, 2.75) is 37.7 Å². The maximum atomic E-state index is 6.76. The summed E-state index contributed by atoms with van der Waals surface area (Å²) in [5, 5.41) is 2.56. The van der Waals surface area contributed by atoms with E-state index in [0.29, 0.717) is 5.92 Å². The lowest BCUT2D eigenvalue weighted by molar-refractivity contribution is 0.00197. The third-order valence-electron chi connectivity index (χ3n) is 6.26. The number of nitrogens with zero attached hydrogens (tertiary/aromatic N) is 1. The average Bonchev–Trinajstić information content (AvgIpc) is 3.21. The molecule has 2 heteroatoms. The molecule has 0 amide bonds. The van der Waals surface area contributed by atoms with E-state index in [1.165, 1.54) is 48.4 Å². The van der Waals surface area contributed by atoms with Crippen LogP contribution in [0.4, 0.5) is 0 Å². The summed E-state index contributed by atoms with van der Waals surface area (Å²) in [4.78, 5) is 4.89. The first kappa shape index (κ1) is 16.6. The molecule has 1 unspecified atom stereocenters. The Hall–Kier alpha value is -2.61. The van der Waals surface area contributed by atoms with Crippen molar-refractivity contribution in [2.24, 2.45) is 10.9 Å². The molecule has 1 atom stereocenters. The van der Waals surface area contributed by atoms with Gasteiger partial charge in [-0.1, -0.05) is 73.9 Å². The monoisotopic (exact) mass is 355 g/mol. The Morgan fingerprint density at radius 2 is 1.52 bits per heavy atom. The minimum atomic E-state index is -0.324. The highest BCUT2D eigenvalue weighted by molar-refractivity contribution is 5.95. The number of rotatable bonds is 3. The van der Waals surface area contributed by atoms with E-state index in [1.54, 1.807) is 0 Å². The summed E-state index contributed by atoms with van der Waals surface area (Å²) < 4.78 is 6.76. The zero-order chi connectivity index (χ0) is 18.1. The molecule has 3 aromatic carbocycles. The zero-order valence-corrected chi connectivity index (χ0v) is 15.6. The SMILES string of the molecule is c1ccc(C2=NCC(c3ccc4ccccc4c3)(C3CCCCC3)O2)cc1. The Balaban J connectivity index is 1.57. The third-order valence-corrected chi connectivity index (χ3v) is 6.26. The highest BCUT2D eigenvalue weighted by atomic mass is 16.5. The largest absolute Gasteiger partial charge is 0.464 e. The standard InChI is InChI=1S/C25H25NO/c1-3-10-20(11-4-1)24-26-18-25(27-24,22-13-5-2-6-14-22)23-16-15-19-9-7-8-12-21(19)17-23/h1,3-4,7-12,15-17,22H,2,5-6,13-14,18H2. The second-order valence-electron chi connectivity index (χ2n) is 7.88. The number of aliphatic imine (C=N–C) groups is 1. The van der Waals surface area contributed by atoms with Crippen molar-refractivity contribution in [1.82, 2.24) is 0 Å². The van der Waals surface area contributed by atoms with Crippen molar-refractivity contribution < 1.29 is 4.74 Å². The quantitative estimate of drug-likeness (QED) is 0.557. The van der Waals surface area contributed by atoms with Crippen LogP contribution in [0, 0.1) is 5.92 Å². The van der Waals surface area contributed by atoms with E-state index in [0.717, 1.165) is 18.0 Å². The highest BCUT2D eigenvalue weighted by Gasteiger charge is 2.47. The molecule has 0 saturated heterocycles. The minimum absolute atomic E-state index is 0.324. The van der Waals surface area contributed by atoms with Gasteiger partial charge in [-0.3, -0.25) is 0 Å². The van der Waals surface area contributed by atoms with Crippen molar-refractivity contribution in [2.75, 3.05) is 6.54 Å². The second-order valence-corrected chi connectivity index (χ2v) is 7.88. The Bertz CT molecular complexity index is 972. The van der Waals surface area contributed by atoms with Crippen LogP contribution >= 0.6 is 0 Å². The molecule has 1 aliphatic carbocycles. The summed E-state index contributed by atoms with van der Waals surface area (Å²) in [6, 6.07) is 25.7. The molecule has 2 nitrogen and oxygen atoms in total. The van der Waals surface area contributed by atoms with Crippen molar-refractivity contribution in [3.8, 4) is 0 Å². The highest BCUT2D eigenvalue weighted by Crippen LogP contribution is 2.46. The van der Waals surface area contributed by atoms with E-state index in [-0.39, 0.29) is 5.60 Å². The smallest absolute Gasteiger partial charge is 0.217 e. The van der Waals surface area contributed by atoms with E-state index < -0.39 is 0 Å². The van der Waals surface area contributed by atoms with E-state index >= 15 is 0 Å². The van der Waals surface area contributed by atoms with Gasteiger partial charge in [0.05, 0.1) is 6.54 Å². The topological polar surface area (TPSA) is 21.6 Å². The maximum absolute atomic E-state index is 6.76. The van der Waals surface area contributed by atoms with Crippen molar-refractivity contribution in [3.05, 3.63) is 83.9 Å². The lowest BCUT2D eigenvalue weighted by atomic mass is 9.73. The van der Waals surface area contributed by atoms with Gasteiger partial charge >= 0.3 is 0 Å². The van der Waals surface area contributed by atoms with Gasteiger partial charge in [-0.25, -0.2) is 4.99 Å². The van der Waals surface area contributed by atoms with Gasteiger partial charge in [0.25, 0.3) is 0 Å². The number of fused-ring (bicyclic) bond motifs is 1. The molecule has 27 heavy (non-hydrogen) atoms. The van der Waals surface area contributed by atoms with Gasteiger partial charge in [0.15, 0.2) is 5.60 Å². The predicted octanol–water partition coefficient (Wildman–Crippen LogP) is 6.09. The Morgan fingerprint density at radius 3 is 2.33 bits per heavy atom. The van der Waals surface area contributed by atoms with Crippen LogP contribution in [0.3, 0.4) is 0 Å². The van der Waals surface area contributed by atoms with Gasteiger partial charge in [0.2, 0.25) is 5.90 Å². The Kier molecular flexibility index (Phi) is 4.20.